The van der Waals surface area contributed by atoms with Crippen molar-refractivity contribution in [1.29, 1.82) is 0 Å². The number of ether oxygens (including phenoxy) is 2. The second-order valence-corrected chi connectivity index (χ2v) is 11.0. The summed E-state index contributed by atoms with van der Waals surface area (Å²) in [5.41, 5.74) is 0.927. The fourth-order valence-corrected chi connectivity index (χ4v) is 6.09. The summed E-state index contributed by atoms with van der Waals surface area (Å²) in [5, 5.41) is 0. The van der Waals surface area contributed by atoms with Gasteiger partial charge in [-0.3, -0.25) is 9.36 Å². The SMILES string of the molecule is CCOC(=O)C1=C(c2ccccc2)N=c2s/c(=C/c3ccc(-c4cccc(C(F)(F)F)c4)o3)c(=O)n2C1c1ccc(OC)cc1. The quantitative estimate of drug-likeness (QED) is 0.200. The second-order valence-electron chi connectivity index (χ2n) is 9.99. The molecule has 6 rings (SSSR count). The summed E-state index contributed by atoms with van der Waals surface area (Å²) >= 11 is 1.11. The van der Waals surface area contributed by atoms with E-state index in [0.29, 0.717) is 27.4 Å². The monoisotopic (exact) mass is 630 g/mol. The van der Waals surface area contributed by atoms with Gasteiger partial charge in [-0.05, 0) is 48.9 Å². The number of rotatable bonds is 7. The molecule has 1 aliphatic heterocycles. The standard InChI is InChI=1S/C34H25F3N2O5S/c1-3-43-32(41)28-29(20-8-5-4-6-9-20)38-33-39(30(28)21-12-14-24(42-2)15-13-21)31(40)27(45-33)19-25-16-17-26(44-25)22-10-7-11-23(18-22)34(35,36)37/h4-19,30H,3H2,1-2H3/b27-19+. The van der Waals surface area contributed by atoms with Crippen molar-refractivity contribution in [3.05, 3.63) is 139 Å². The number of aromatic nitrogens is 1. The molecule has 2 aromatic heterocycles. The second kappa shape index (κ2) is 12.1. The van der Waals surface area contributed by atoms with Gasteiger partial charge in [-0.25, -0.2) is 9.79 Å². The Morgan fingerprint density at radius 3 is 2.42 bits per heavy atom. The van der Waals surface area contributed by atoms with Gasteiger partial charge in [-0.2, -0.15) is 13.2 Å². The molecule has 5 aromatic rings. The summed E-state index contributed by atoms with van der Waals surface area (Å²) in [5.74, 6) is 0.478. The molecule has 228 valence electrons. The molecule has 0 amide bonds. The number of carbonyl (C=O) groups excluding carboxylic acids is 1. The number of hydrogen-bond donors (Lipinski definition) is 0. The normalized spacial score (nSPS) is 15.0. The largest absolute Gasteiger partial charge is 0.497 e. The first-order valence-corrected chi connectivity index (χ1v) is 14.7. The van der Waals surface area contributed by atoms with E-state index in [4.69, 9.17) is 18.9 Å². The van der Waals surface area contributed by atoms with Crippen molar-refractivity contribution >= 4 is 29.1 Å². The third-order valence-electron chi connectivity index (χ3n) is 7.18. The number of esters is 1. The third-order valence-corrected chi connectivity index (χ3v) is 8.16. The first-order valence-electron chi connectivity index (χ1n) is 13.9. The highest BCUT2D eigenvalue weighted by molar-refractivity contribution is 7.07. The zero-order valence-corrected chi connectivity index (χ0v) is 24.8. The van der Waals surface area contributed by atoms with Gasteiger partial charge in [-0.15, -0.1) is 0 Å². The summed E-state index contributed by atoms with van der Waals surface area (Å²) in [6.07, 6.45) is -2.98. The Labute approximate surface area is 258 Å². The average molecular weight is 631 g/mol. The topological polar surface area (TPSA) is 83.0 Å². The first-order chi connectivity index (χ1) is 21.7. The molecule has 11 heteroatoms. The molecule has 3 heterocycles. The van der Waals surface area contributed by atoms with Crippen molar-refractivity contribution in [1.82, 2.24) is 4.57 Å². The maximum Gasteiger partial charge on any atom is 0.416 e. The molecule has 7 nitrogen and oxygen atoms in total. The highest BCUT2D eigenvalue weighted by Crippen LogP contribution is 2.36. The van der Waals surface area contributed by atoms with E-state index in [-0.39, 0.29) is 33.8 Å². The van der Waals surface area contributed by atoms with Crippen molar-refractivity contribution in [3.8, 4) is 17.1 Å². The van der Waals surface area contributed by atoms with Crippen LogP contribution in [0.2, 0.25) is 0 Å². The van der Waals surface area contributed by atoms with E-state index in [1.807, 2.05) is 30.3 Å². The number of fused-ring (bicyclic) bond motifs is 1. The lowest BCUT2D eigenvalue weighted by Crippen LogP contribution is -2.40. The molecule has 1 atom stereocenters. The van der Waals surface area contributed by atoms with Crippen LogP contribution in [0.5, 0.6) is 5.75 Å². The average Bonchev–Trinajstić information content (AvgIpc) is 3.64. The summed E-state index contributed by atoms with van der Waals surface area (Å²) in [6.45, 7) is 1.83. The maximum atomic E-state index is 14.0. The summed E-state index contributed by atoms with van der Waals surface area (Å²) in [6, 6.07) is 23.3. The van der Waals surface area contributed by atoms with Gasteiger partial charge in [0.25, 0.3) is 5.56 Å². The zero-order valence-electron chi connectivity index (χ0n) is 24.0. The molecule has 3 aromatic carbocycles. The molecule has 0 aliphatic carbocycles. The van der Waals surface area contributed by atoms with E-state index in [1.165, 1.54) is 22.8 Å². The lowest BCUT2D eigenvalue weighted by molar-refractivity contribution is -0.139. The third kappa shape index (κ3) is 5.86. The van der Waals surface area contributed by atoms with Gasteiger partial charge in [-0.1, -0.05) is 65.9 Å². The van der Waals surface area contributed by atoms with Crippen molar-refractivity contribution in [2.75, 3.05) is 13.7 Å². The maximum absolute atomic E-state index is 14.0. The molecule has 1 unspecified atom stereocenters. The summed E-state index contributed by atoms with van der Waals surface area (Å²) < 4.78 is 58.1. The molecule has 45 heavy (non-hydrogen) atoms. The molecule has 0 spiro atoms. The van der Waals surface area contributed by atoms with Crippen LogP contribution < -0.4 is 19.6 Å². The van der Waals surface area contributed by atoms with Gasteiger partial charge in [0.1, 0.15) is 17.3 Å². The van der Waals surface area contributed by atoms with Gasteiger partial charge in [0.15, 0.2) is 4.80 Å². The van der Waals surface area contributed by atoms with Crippen LogP contribution in [0.25, 0.3) is 23.1 Å². The highest BCUT2D eigenvalue weighted by Gasteiger charge is 2.35. The molecule has 0 saturated heterocycles. The zero-order chi connectivity index (χ0) is 31.7. The van der Waals surface area contributed by atoms with Crippen LogP contribution in [0.1, 0.15) is 35.4 Å². The van der Waals surface area contributed by atoms with Crippen LogP contribution in [0, 0.1) is 0 Å². The van der Waals surface area contributed by atoms with Crippen LogP contribution in [0.4, 0.5) is 13.2 Å². The summed E-state index contributed by atoms with van der Waals surface area (Å²) in [7, 11) is 1.54. The van der Waals surface area contributed by atoms with Crippen LogP contribution in [0.15, 0.2) is 111 Å². The summed E-state index contributed by atoms with van der Waals surface area (Å²) in [4.78, 5) is 32.8. The smallest absolute Gasteiger partial charge is 0.416 e. The van der Waals surface area contributed by atoms with Crippen molar-refractivity contribution in [2.45, 2.75) is 19.1 Å². The van der Waals surface area contributed by atoms with E-state index < -0.39 is 29.3 Å². The minimum atomic E-state index is -4.50. The lowest BCUT2D eigenvalue weighted by Gasteiger charge is -2.26. The fourth-order valence-electron chi connectivity index (χ4n) is 5.11. The van der Waals surface area contributed by atoms with Crippen molar-refractivity contribution < 1.29 is 31.9 Å². The Balaban J connectivity index is 1.52. The van der Waals surface area contributed by atoms with Gasteiger partial charge in [0.2, 0.25) is 0 Å². The van der Waals surface area contributed by atoms with Crippen molar-refractivity contribution in [3.63, 3.8) is 0 Å². The Hall–Kier alpha value is -5.16. The Kier molecular flexibility index (Phi) is 8.03. The first kappa shape index (κ1) is 29.9. The van der Waals surface area contributed by atoms with Crippen LogP contribution in [0.3, 0.4) is 0 Å². The van der Waals surface area contributed by atoms with Crippen LogP contribution in [-0.4, -0.2) is 24.3 Å². The molecule has 0 fully saturated rings. The van der Waals surface area contributed by atoms with E-state index >= 15 is 0 Å². The molecule has 0 N–H and O–H groups in total. The molecule has 0 saturated carbocycles. The van der Waals surface area contributed by atoms with Crippen molar-refractivity contribution in [2.24, 2.45) is 4.99 Å². The number of methoxy groups -OCH3 is 1. The number of alkyl halides is 3. The number of furan rings is 1. The molecule has 0 bridgehead atoms. The number of nitrogens with zero attached hydrogens (tertiary/aromatic N) is 2. The van der Waals surface area contributed by atoms with E-state index in [1.54, 1.807) is 50.4 Å². The fraction of sp³-hybridized carbons (Fsp3) is 0.147. The number of benzene rings is 3. The molecule has 0 radical (unpaired) electrons. The lowest BCUT2D eigenvalue weighted by atomic mass is 9.93. The van der Waals surface area contributed by atoms with E-state index in [2.05, 4.69) is 0 Å². The number of halogens is 3. The van der Waals surface area contributed by atoms with Crippen LogP contribution in [-0.2, 0) is 15.7 Å². The number of carbonyl (C=O) groups is 1. The van der Waals surface area contributed by atoms with Gasteiger partial charge >= 0.3 is 12.1 Å². The Morgan fingerprint density at radius 2 is 1.73 bits per heavy atom. The molecule has 1 aliphatic rings. The molecular formula is C34H25F3N2O5S. The Bertz CT molecular complexity index is 2090. The van der Waals surface area contributed by atoms with E-state index in [0.717, 1.165) is 23.5 Å². The number of hydrogen-bond acceptors (Lipinski definition) is 7. The van der Waals surface area contributed by atoms with Gasteiger partial charge in [0, 0.05) is 17.2 Å². The predicted octanol–water partition coefficient (Wildman–Crippen LogP) is 6.22. The minimum Gasteiger partial charge on any atom is -0.497 e. The van der Waals surface area contributed by atoms with Crippen LogP contribution >= 0.6 is 11.3 Å². The highest BCUT2D eigenvalue weighted by atomic mass is 32.1. The van der Waals surface area contributed by atoms with Gasteiger partial charge < -0.3 is 13.9 Å². The predicted molar refractivity (Wildman–Crippen MR) is 163 cm³/mol. The van der Waals surface area contributed by atoms with E-state index in [9.17, 15) is 22.8 Å². The van der Waals surface area contributed by atoms with Gasteiger partial charge in [0.05, 0.1) is 41.1 Å². The number of thiazole rings is 1. The molecular weight excluding hydrogens is 605 g/mol. The minimum absolute atomic E-state index is 0.122. The Morgan fingerprint density at radius 1 is 1.00 bits per heavy atom.